The third kappa shape index (κ3) is 2.88. The lowest BCUT2D eigenvalue weighted by atomic mass is 10.2. The lowest BCUT2D eigenvalue weighted by Gasteiger charge is -1.89. The van der Waals surface area contributed by atoms with E-state index in [1.165, 1.54) is 5.56 Å². The molecular formula is C9H12N+. The summed E-state index contributed by atoms with van der Waals surface area (Å²) in [6, 6.07) is 10.5. The van der Waals surface area contributed by atoms with Crippen LogP contribution in [-0.4, -0.2) is 0 Å². The van der Waals surface area contributed by atoms with Crippen molar-refractivity contribution in [3.05, 3.63) is 35.9 Å². The highest BCUT2D eigenvalue weighted by atomic mass is 14.2. The highest BCUT2D eigenvalue weighted by Gasteiger charge is 1.79. The Morgan fingerprint density at radius 1 is 1.20 bits per heavy atom. The standard InChI is InChI=1S/C8H10.CHN/c1-2-8-6-4-3-5-7-8;1-2/h3-7H,2H2,1H3;1H/p+1. The predicted molar refractivity (Wildman–Crippen MR) is 41.7 cm³/mol. The van der Waals surface area contributed by atoms with Gasteiger partial charge in [-0.2, -0.15) is 0 Å². The van der Waals surface area contributed by atoms with Gasteiger partial charge >= 0.3 is 0 Å². The molecule has 0 saturated carbocycles. The van der Waals surface area contributed by atoms with Crippen molar-refractivity contribution in [2.24, 2.45) is 0 Å². The van der Waals surface area contributed by atoms with E-state index in [-0.39, 0.29) is 0 Å². The number of aryl methyl sites for hydroxylation is 1. The van der Waals surface area contributed by atoms with Crippen LogP contribution in [0.15, 0.2) is 30.3 Å². The van der Waals surface area contributed by atoms with Crippen LogP contribution in [0.3, 0.4) is 0 Å². The van der Waals surface area contributed by atoms with Crippen molar-refractivity contribution < 1.29 is 5.26 Å². The Morgan fingerprint density at radius 2 is 1.70 bits per heavy atom. The topological polar surface area (TPSA) is 23.8 Å². The van der Waals surface area contributed by atoms with Crippen LogP contribution >= 0.6 is 0 Å². The molecule has 1 N–H and O–H groups in total. The number of benzene rings is 1. The van der Waals surface area contributed by atoms with Crippen LogP contribution in [0.2, 0.25) is 0 Å². The number of hydrogen-bond donors (Lipinski definition) is 1. The first-order valence-corrected chi connectivity index (χ1v) is 3.26. The average Bonchev–Trinajstić information content (AvgIpc) is 2.10. The molecule has 0 amide bonds. The maximum atomic E-state index is 5.25. The molecule has 52 valence electrons. The quantitative estimate of drug-likeness (QED) is 0.582. The Balaban J connectivity index is 0.000000371. The van der Waals surface area contributed by atoms with Crippen molar-refractivity contribution in [2.45, 2.75) is 13.3 Å². The van der Waals surface area contributed by atoms with E-state index >= 15 is 0 Å². The Bertz CT molecular complexity index is 176. The zero-order valence-corrected chi connectivity index (χ0v) is 6.17. The molecule has 0 radical (unpaired) electrons. The highest BCUT2D eigenvalue weighted by Crippen LogP contribution is 1.96. The van der Waals surface area contributed by atoms with Crippen molar-refractivity contribution >= 4 is 0 Å². The first-order valence-electron chi connectivity index (χ1n) is 3.26. The molecule has 1 heteroatoms. The van der Waals surface area contributed by atoms with Gasteiger partial charge in [0.05, 0.1) is 0 Å². The molecule has 1 nitrogen and oxygen atoms in total. The highest BCUT2D eigenvalue weighted by molar-refractivity contribution is 5.13. The first kappa shape index (κ1) is 8.71. The molecule has 0 aliphatic rings. The minimum Gasteiger partial charge on any atom is -0.105 e. The van der Waals surface area contributed by atoms with Gasteiger partial charge in [-0.15, -0.1) is 5.26 Å². The summed E-state index contributed by atoms with van der Waals surface area (Å²) in [5, 5.41) is 5.25. The average molecular weight is 134 g/mol. The molecule has 0 unspecified atom stereocenters. The molecule has 0 aromatic heterocycles. The summed E-state index contributed by atoms with van der Waals surface area (Å²) in [6.45, 7) is 5.91. The zero-order chi connectivity index (χ0) is 7.82. The minimum absolute atomic E-state index is 1.14. The molecule has 0 fully saturated rings. The molecule has 1 aromatic carbocycles. The van der Waals surface area contributed by atoms with Crippen molar-refractivity contribution in [3.8, 4) is 6.57 Å². The molecule has 0 bridgehead atoms. The van der Waals surface area contributed by atoms with Gasteiger partial charge in [0, 0.05) is 0 Å². The molecule has 0 heterocycles. The van der Waals surface area contributed by atoms with Crippen molar-refractivity contribution in [1.29, 1.82) is 0 Å². The fraction of sp³-hybridized carbons (Fsp3) is 0.222. The second kappa shape index (κ2) is 5.84. The van der Waals surface area contributed by atoms with Gasteiger partial charge in [0.15, 0.2) is 0 Å². The summed E-state index contributed by atoms with van der Waals surface area (Å²) < 4.78 is 0. The summed E-state index contributed by atoms with van der Waals surface area (Å²) in [7, 11) is 0. The van der Waals surface area contributed by atoms with Crippen LogP contribution in [0.25, 0.3) is 0 Å². The van der Waals surface area contributed by atoms with Gasteiger partial charge < -0.3 is 0 Å². The maximum Gasteiger partial charge on any atom is 0.255 e. The molecule has 0 aliphatic heterocycles. The van der Waals surface area contributed by atoms with E-state index in [0.717, 1.165) is 6.42 Å². The van der Waals surface area contributed by atoms with Crippen LogP contribution in [-0.2, 0) is 6.42 Å². The molecule has 0 atom stereocenters. The Labute approximate surface area is 61.9 Å². The van der Waals surface area contributed by atoms with Gasteiger partial charge in [-0.1, -0.05) is 37.3 Å². The lowest BCUT2D eigenvalue weighted by Crippen LogP contribution is -2.11. The Hall–Kier alpha value is -1.29. The zero-order valence-electron chi connectivity index (χ0n) is 6.17. The molecular weight excluding hydrogens is 122 g/mol. The van der Waals surface area contributed by atoms with Gasteiger partial charge in [0.25, 0.3) is 6.57 Å². The van der Waals surface area contributed by atoms with Gasteiger partial charge in [0.2, 0.25) is 0 Å². The van der Waals surface area contributed by atoms with Crippen LogP contribution in [0.5, 0.6) is 0 Å². The van der Waals surface area contributed by atoms with Crippen molar-refractivity contribution in [2.75, 3.05) is 0 Å². The van der Waals surface area contributed by atoms with E-state index in [1.807, 2.05) is 6.07 Å². The fourth-order valence-corrected chi connectivity index (χ4v) is 0.714. The third-order valence-electron chi connectivity index (χ3n) is 1.25. The molecule has 1 aromatic rings. The van der Waals surface area contributed by atoms with E-state index in [1.54, 1.807) is 0 Å². The van der Waals surface area contributed by atoms with Crippen molar-refractivity contribution in [3.63, 3.8) is 0 Å². The first-order chi connectivity index (χ1) is 4.93. The summed E-state index contributed by atoms with van der Waals surface area (Å²) in [4.78, 5) is 0. The van der Waals surface area contributed by atoms with E-state index in [0.29, 0.717) is 0 Å². The number of rotatable bonds is 1. The fourth-order valence-electron chi connectivity index (χ4n) is 0.714. The SMILES string of the molecule is C#[NH+].CCc1ccccc1. The predicted octanol–water partition coefficient (Wildman–Crippen LogP) is 0.638. The smallest absolute Gasteiger partial charge is 0.105 e. The number of nitrogens with one attached hydrogen (secondary N) is 1. The maximum absolute atomic E-state index is 5.25. The molecule has 0 aliphatic carbocycles. The van der Waals surface area contributed by atoms with Crippen molar-refractivity contribution in [1.82, 2.24) is 0 Å². The van der Waals surface area contributed by atoms with Gasteiger partial charge in [-0.05, 0) is 12.0 Å². The third-order valence-corrected chi connectivity index (χ3v) is 1.25. The normalized spacial score (nSPS) is 7.50. The second-order valence-electron chi connectivity index (χ2n) is 1.84. The van der Waals surface area contributed by atoms with Crippen LogP contribution < -0.4 is 5.26 Å². The van der Waals surface area contributed by atoms with Crippen LogP contribution in [0.4, 0.5) is 0 Å². The van der Waals surface area contributed by atoms with Crippen LogP contribution in [0, 0.1) is 6.57 Å². The Kier molecular flexibility index (Phi) is 5.09. The monoisotopic (exact) mass is 134 g/mol. The molecule has 0 spiro atoms. The lowest BCUT2D eigenvalue weighted by molar-refractivity contribution is -0.0839. The Morgan fingerprint density at radius 3 is 2.00 bits per heavy atom. The van der Waals surface area contributed by atoms with E-state index in [9.17, 15) is 0 Å². The molecule has 10 heavy (non-hydrogen) atoms. The van der Waals surface area contributed by atoms with Gasteiger partial charge in [-0.3, -0.25) is 0 Å². The minimum atomic E-state index is 1.14. The summed E-state index contributed by atoms with van der Waals surface area (Å²) >= 11 is 0. The summed E-state index contributed by atoms with van der Waals surface area (Å²) in [6.07, 6.45) is 1.14. The van der Waals surface area contributed by atoms with E-state index in [4.69, 9.17) is 5.26 Å². The van der Waals surface area contributed by atoms with Crippen LogP contribution in [0.1, 0.15) is 12.5 Å². The van der Waals surface area contributed by atoms with E-state index in [2.05, 4.69) is 37.8 Å². The van der Waals surface area contributed by atoms with Gasteiger partial charge in [-0.25, -0.2) is 0 Å². The second-order valence-corrected chi connectivity index (χ2v) is 1.84. The summed E-state index contributed by atoms with van der Waals surface area (Å²) in [5.41, 5.74) is 1.41. The molecule has 0 saturated heterocycles. The summed E-state index contributed by atoms with van der Waals surface area (Å²) in [5.74, 6) is 0. The largest absolute Gasteiger partial charge is 0.255 e. The van der Waals surface area contributed by atoms with E-state index < -0.39 is 0 Å². The number of hydrogen-bond acceptors (Lipinski definition) is 0. The molecule has 1 rings (SSSR count). The van der Waals surface area contributed by atoms with Gasteiger partial charge in [0.1, 0.15) is 0 Å².